The van der Waals surface area contributed by atoms with Crippen molar-refractivity contribution in [2.75, 3.05) is 0 Å². The van der Waals surface area contributed by atoms with E-state index in [9.17, 15) is 0 Å². The highest BCUT2D eigenvalue weighted by Crippen LogP contribution is 2.25. The number of para-hydroxylation sites is 2. The van der Waals surface area contributed by atoms with Crippen LogP contribution in [0.4, 0.5) is 0 Å². The van der Waals surface area contributed by atoms with Gasteiger partial charge in [-0.1, -0.05) is 42.5 Å². The predicted octanol–water partition coefficient (Wildman–Crippen LogP) is 4.46. The topological polar surface area (TPSA) is 25.8 Å². The summed E-state index contributed by atoms with van der Waals surface area (Å²) >= 11 is 6.50. The molecule has 100 valence electrons. The summed E-state index contributed by atoms with van der Waals surface area (Å²) in [4.78, 5) is 9.29. The van der Waals surface area contributed by atoms with Gasteiger partial charge in [0.05, 0.1) is 27.8 Å². The maximum Gasteiger partial charge on any atom is 0.0890 e. The molecular weight excluding hydrogens is 268 g/mol. The molecule has 1 atom stereocenters. The number of hydrogen-bond donors (Lipinski definition) is 0. The standard InChI is InChI=1S/C17H15ClN2/c1-12-17(11-14(18)13-7-3-2-4-8-13)20-16-10-6-5-9-15(16)19-12/h2-10,14H,11H2,1H3. The van der Waals surface area contributed by atoms with Crippen LogP contribution >= 0.6 is 11.6 Å². The summed E-state index contributed by atoms with van der Waals surface area (Å²) in [5, 5.41) is -0.0784. The van der Waals surface area contributed by atoms with Gasteiger partial charge in [-0.05, 0) is 24.6 Å². The van der Waals surface area contributed by atoms with Crippen LogP contribution in [0.2, 0.25) is 0 Å². The van der Waals surface area contributed by atoms with E-state index >= 15 is 0 Å². The van der Waals surface area contributed by atoms with Gasteiger partial charge in [-0.25, -0.2) is 9.97 Å². The second-order valence-electron chi connectivity index (χ2n) is 4.83. The highest BCUT2D eigenvalue weighted by atomic mass is 35.5. The molecule has 3 heteroatoms. The zero-order valence-electron chi connectivity index (χ0n) is 11.3. The molecule has 2 aromatic carbocycles. The molecule has 0 amide bonds. The van der Waals surface area contributed by atoms with Gasteiger partial charge in [-0.2, -0.15) is 0 Å². The molecule has 0 N–H and O–H groups in total. The van der Waals surface area contributed by atoms with Gasteiger partial charge in [0, 0.05) is 6.42 Å². The fourth-order valence-corrected chi connectivity index (χ4v) is 2.56. The fraction of sp³-hybridized carbons (Fsp3) is 0.176. The Kier molecular flexibility index (Phi) is 3.66. The maximum atomic E-state index is 6.50. The van der Waals surface area contributed by atoms with Gasteiger partial charge in [0.25, 0.3) is 0 Å². The number of nitrogens with zero attached hydrogens (tertiary/aromatic N) is 2. The molecule has 0 saturated heterocycles. The van der Waals surface area contributed by atoms with Crippen molar-refractivity contribution in [3.05, 3.63) is 71.5 Å². The average molecular weight is 283 g/mol. The van der Waals surface area contributed by atoms with Gasteiger partial charge in [-0.15, -0.1) is 11.6 Å². The number of fused-ring (bicyclic) bond motifs is 1. The van der Waals surface area contributed by atoms with Crippen LogP contribution in [-0.2, 0) is 6.42 Å². The first-order valence-electron chi connectivity index (χ1n) is 6.65. The number of rotatable bonds is 3. The highest BCUT2D eigenvalue weighted by Gasteiger charge is 2.12. The van der Waals surface area contributed by atoms with Gasteiger partial charge in [0.2, 0.25) is 0 Å². The molecule has 2 nitrogen and oxygen atoms in total. The molecule has 3 aromatic rings. The Morgan fingerprint density at radius 2 is 1.50 bits per heavy atom. The zero-order chi connectivity index (χ0) is 13.9. The van der Waals surface area contributed by atoms with Crippen molar-refractivity contribution in [2.45, 2.75) is 18.7 Å². The summed E-state index contributed by atoms with van der Waals surface area (Å²) in [5.74, 6) is 0. The number of aryl methyl sites for hydroxylation is 1. The molecule has 20 heavy (non-hydrogen) atoms. The summed E-state index contributed by atoms with van der Waals surface area (Å²) in [5.41, 5.74) is 4.88. The lowest BCUT2D eigenvalue weighted by Gasteiger charge is -2.11. The van der Waals surface area contributed by atoms with Crippen molar-refractivity contribution in [1.82, 2.24) is 9.97 Å². The quantitative estimate of drug-likeness (QED) is 0.663. The fourth-order valence-electron chi connectivity index (χ4n) is 2.27. The van der Waals surface area contributed by atoms with Crippen LogP contribution in [0.15, 0.2) is 54.6 Å². The molecule has 1 aromatic heterocycles. The number of alkyl halides is 1. The van der Waals surface area contributed by atoms with E-state index in [1.54, 1.807) is 0 Å². The Morgan fingerprint density at radius 1 is 0.900 bits per heavy atom. The molecule has 0 fully saturated rings. The van der Waals surface area contributed by atoms with Gasteiger partial charge in [-0.3, -0.25) is 0 Å². The Hall–Kier alpha value is -1.93. The minimum Gasteiger partial charge on any atom is -0.250 e. The molecular formula is C17H15ClN2. The smallest absolute Gasteiger partial charge is 0.0890 e. The van der Waals surface area contributed by atoms with Crippen LogP contribution < -0.4 is 0 Å². The monoisotopic (exact) mass is 282 g/mol. The molecule has 0 spiro atoms. The van der Waals surface area contributed by atoms with E-state index in [1.165, 1.54) is 0 Å². The van der Waals surface area contributed by atoms with Crippen LogP contribution in [0.3, 0.4) is 0 Å². The van der Waals surface area contributed by atoms with Crippen LogP contribution in [0.25, 0.3) is 11.0 Å². The lowest BCUT2D eigenvalue weighted by atomic mass is 10.1. The molecule has 0 aliphatic rings. The number of aromatic nitrogens is 2. The first-order chi connectivity index (χ1) is 9.74. The Bertz CT molecular complexity index is 725. The van der Waals surface area contributed by atoms with Gasteiger partial charge in [0.15, 0.2) is 0 Å². The van der Waals surface area contributed by atoms with Gasteiger partial charge < -0.3 is 0 Å². The number of halogens is 1. The normalized spacial score (nSPS) is 12.5. The van der Waals surface area contributed by atoms with E-state index in [2.05, 4.69) is 4.98 Å². The van der Waals surface area contributed by atoms with Crippen molar-refractivity contribution < 1.29 is 0 Å². The van der Waals surface area contributed by atoms with Gasteiger partial charge in [0.1, 0.15) is 0 Å². The average Bonchev–Trinajstić information content (AvgIpc) is 2.49. The molecule has 1 heterocycles. The molecule has 0 radical (unpaired) electrons. The SMILES string of the molecule is Cc1nc2ccccc2nc1CC(Cl)c1ccccc1. The Balaban J connectivity index is 1.92. The van der Waals surface area contributed by atoms with Crippen LogP contribution in [0.5, 0.6) is 0 Å². The van der Waals surface area contributed by atoms with E-state index in [0.29, 0.717) is 6.42 Å². The molecule has 0 aliphatic carbocycles. The Labute approximate surface area is 123 Å². The van der Waals surface area contributed by atoms with Crippen LogP contribution in [0.1, 0.15) is 22.3 Å². The third-order valence-corrected chi connectivity index (χ3v) is 3.78. The summed E-state index contributed by atoms with van der Waals surface area (Å²) in [6.45, 7) is 1.99. The number of benzene rings is 2. The summed E-state index contributed by atoms with van der Waals surface area (Å²) in [6.07, 6.45) is 0.690. The van der Waals surface area contributed by atoms with E-state index in [-0.39, 0.29) is 5.38 Å². The van der Waals surface area contributed by atoms with Crippen molar-refractivity contribution in [3.8, 4) is 0 Å². The third-order valence-electron chi connectivity index (χ3n) is 3.38. The third kappa shape index (κ3) is 2.66. The van der Waals surface area contributed by atoms with Crippen molar-refractivity contribution in [3.63, 3.8) is 0 Å². The first kappa shape index (κ1) is 13.1. The lowest BCUT2D eigenvalue weighted by Crippen LogP contribution is -2.03. The minimum absolute atomic E-state index is 0.0784. The largest absolute Gasteiger partial charge is 0.250 e. The Morgan fingerprint density at radius 3 is 2.20 bits per heavy atom. The van der Waals surface area contributed by atoms with Crippen molar-refractivity contribution in [2.24, 2.45) is 0 Å². The van der Waals surface area contributed by atoms with Crippen LogP contribution in [-0.4, -0.2) is 9.97 Å². The van der Waals surface area contributed by atoms with Crippen molar-refractivity contribution in [1.29, 1.82) is 0 Å². The molecule has 0 saturated carbocycles. The van der Waals surface area contributed by atoms with Gasteiger partial charge >= 0.3 is 0 Å². The zero-order valence-corrected chi connectivity index (χ0v) is 12.0. The minimum atomic E-state index is -0.0784. The maximum absolute atomic E-state index is 6.50. The molecule has 1 unspecified atom stereocenters. The predicted molar refractivity (Wildman–Crippen MR) is 83.0 cm³/mol. The van der Waals surface area contributed by atoms with Crippen molar-refractivity contribution >= 4 is 22.6 Å². The summed E-state index contributed by atoms with van der Waals surface area (Å²) < 4.78 is 0. The van der Waals surface area contributed by atoms with E-state index in [0.717, 1.165) is 28.0 Å². The first-order valence-corrected chi connectivity index (χ1v) is 7.09. The summed E-state index contributed by atoms with van der Waals surface area (Å²) in [6, 6.07) is 18.0. The molecule has 3 rings (SSSR count). The van der Waals surface area contributed by atoms with E-state index in [4.69, 9.17) is 16.6 Å². The van der Waals surface area contributed by atoms with Crippen LogP contribution in [0, 0.1) is 6.92 Å². The highest BCUT2D eigenvalue weighted by molar-refractivity contribution is 6.20. The van der Waals surface area contributed by atoms with E-state index < -0.39 is 0 Å². The molecule has 0 aliphatic heterocycles. The second kappa shape index (κ2) is 5.59. The van der Waals surface area contributed by atoms with E-state index in [1.807, 2.05) is 61.5 Å². The number of hydrogen-bond acceptors (Lipinski definition) is 2. The second-order valence-corrected chi connectivity index (χ2v) is 5.35. The molecule has 0 bridgehead atoms. The summed E-state index contributed by atoms with van der Waals surface area (Å²) in [7, 11) is 0. The lowest BCUT2D eigenvalue weighted by molar-refractivity contribution is 0.864.